The molecule has 0 amide bonds. The third-order valence-corrected chi connectivity index (χ3v) is 3.00. The molecule has 2 aromatic heterocycles. The van der Waals surface area contributed by atoms with Gasteiger partial charge in [-0.2, -0.15) is 0 Å². The third kappa shape index (κ3) is 2.21. The second-order valence-corrected chi connectivity index (χ2v) is 4.26. The molecule has 5 nitrogen and oxygen atoms in total. The van der Waals surface area contributed by atoms with Gasteiger partial charge in [-0.05, 0) is 42.0 Å². The molecule has 0 spiro atoms. The van der Waals surface area contributed by atoms with Crippen molar-refractivity contribution in [2.45, 2.75) is 0 Å². The number of aromatic nitrogens is 3. The normalized spacial score (nSPS) is 10.4. The minimum absolute atomic E-state index is 0.144. The van der Waals surface area contributed by atoms with E-state index in [4.69, 9.17) is 4.74 Å². The van der Waals surface area contributed by atoms with Crippen molar-refractivity contribution < 1.29 is 4.74 Å². The zero-order valence-corrected chi connectivity index (χ0v) is 10.9. The highest BCUT2D eigenvalue weighted by Gasteiger charge is 2.07. The molecule has 0 radical (unpaired) electrons. The van der Waals surface area contributed by atoms with Crippen molar-refractivity contribution >= 4 is 0 Å². The third-order valence-electron chi connectivity index (χ3n) is 3.00. The van der Waals surface area contributed by atoms with Crippen LogP contribution in [0.2, 0.25) is 0 Å². The fraction of sp³-hybridized carbons (Fsp3) is 0.0667. The van der Waals surface area contributed by atoms with Gasteiger partial charge in [0.2, 0.25) is 0 Å². The van der Waals surface area contributed by atoms with Crippen molar-refractivity contribution in [1.29, 1.82) is 0 Å². The highest BCUT2D eigenvalue weighted by Crippen LogP contribution is 2.19. The van der Waals surface area contributed by atoms with E-state index in [1.165, 1.54) is 4.68 Å². The van der Waals surface area contributed by atoms with Gasteiger partial charge in [-0.1, -0.05) is 6.07 Å². The maximum atomic E-state index is 12.0. The molecule has 5 heteroatoms. The van der Waals surface area contributed by atoms with E-state index in [0.29, 0.717) is 5.82 Å². The molecule has 0 aliphatic carbocycles. The van der Waals surface area contributed by atoms with E-state index >= 15 is 0 Å². The summed E-state index contributed by atoms with van der Waals surface area (Å²) in [6, 6.07) is 14.5. The Hall–Kier alpha value is -2.82. The largest absolute Gasteiger partial charge is 0.497 e. The van der Waals surface area contributed by atoms with Gasteiger partial charge in [0.1, 0.15) is 5.75 Å². The van der Waals surface area contributed by atoms with Gasteiger partial charge in [0.05, 0.1) is 12.8 Å². The van der Waals surface area contributed by atoms with Crippen molar-refractivity contribution in [2.24, 2.45) is 0 Å². The van der Waals surface area contributed by atoms with Crippen LogP contribution in [0, 0.1) is 0 Å². The molecule has 3 aromatic rings. The minimum Gasteiger partial charge on any atom is -0.497 e. The van der Waals surface area contributed by atoms with Gasteiger partial charge in [-0.15, -0.1) is 0 Å². The number of ether oxygens (including phenoxy) is 1. The molecule has 100 valence electrons. The first-order chi connectivity index (χ1) is 9.78. The summed E-state index contributed by atoms with van der Waals surface area (Å²) in [5.41, 5.74) is 1.51. The number of aromatic amines is 1. The quantitative estimate of drug-likeness (QED) is 0.791. The zero-order chi connectivity index (χ0) is 13.9. The van der Waals surface area contributed by atoms with E-state index < -0.39 is 0 Å². The van der Waals surface area contributed by atoms with Gasteiger partial charge in [0, 0.05) is 12.3 Å². The van der Waals surface area contributed by atoms with Crippen LogP contribution in [0.25, 0.3) is 17.1 Å². The van der Waals surface area contributed by atoms with E-state index in [2.05, 4.69) is 10.1 Å². The lowest BCUT2D eigenvalue weighted by molar-refractivity contribution is 0.415. The number of pyridine rings is 1. The summed E-state index contributed by atoms with van der Waals surface area (Å²) in [6.07, 6.45) is 1.65. The van der Waals surface area contributed by atoms with Gasteiger partial charge in [-0.25, -0.2) is 9.67 Å². The first-order valence-electron chi connectivity index (χ1n) is 6.16. The van der Waals surface area contributed by atoms with Gasteiger partial charge >= 0.3 is 0 Å². The number of hydrogen-bond donors (Lipinski definition) is 1. The van der Waals surface area contributed by atoms with E-state index in [1.807, 2.05) is 36.4 Å². The average Bonchev–Trinajstić information content (AvgIpc) is 2.90. The Bertz CT molecular complexity index is 758. The number of nitrogens with zero attached hydrogens (tertiary/aromatic N) is 2. The van der Waals surface area contributed by atoms with Gasteiger partial charge < -0.3 is 4.74 Å². The van der Waals surface area contributed by atoms with Crippen molar-refractivity contribution in [1.82, 2.24) is 14.8 Å². The van der Waals surface area contributed by atoms with E-state index in [-0.39, 0.29) is 5.56 Å². The van der Waals surface area contributed by atoms with Crippen LogP contribution in [0.15, 0.2) is 59.5 Å². The Morgan fingerprint density at radius 2 is 1.95 bits per heavy atom. The Morgan fingerprint density at radius 3 is 2.60 bits per heavy atom. The van der Waals surface area contributed by atoms with E-state index in [1.54, 1.807) is 25.4 Å². The number of H-pyrrole nitrogens is 1. The van der Waals surface area contributed by atoms with Crippen LogP contribution in [0.3, 0.4) is 0 Å². The zero-order valence-electron chi connectivity index (χ0n) is 10.9. The fourth-order valence-electron chi connectivity index (χ4n) is 1.97. The molecule has 0 saturated carbocycles. The Balaban J connectivity index is 2.02. The lowest BCUT2D eigenvalue weighted by Crippen LogP contribution is -2.14. The average molecular weight is 267 g/mol. The predicted molar refractivity (Wildman–Crippen MR) is 76.2 cm³/mol. The van der Waals surface area contributed by atoms with Crippen molar-refractivity contribution in [3.8, 4) is 22.8 Å². The van der Waals surface area contributed by atoms with Gasteiger partial charge in [0.25, 0.3) is 5.56 Å². The highest BCUT2D eigenvalue weighted by atomic mass is 16.5. The SMILES string of the molecule is COc1ccc(-c2cc(=O)n(-c3ccccn3)[nH]2)cc1. The molecular weight excluding hydrogens is 254 g/mol. The van der Waals surface area contributed by atoms with Crippen LogP contribution in [-0.2, 0) is 0 Å². The van der Waals surface area contributed by atoms with Crippen LogP contribution >= 0.6 is 0 Å². The maximum Gasteiger partial charge on any atom is 0.273 e. The molecule has 2 heterocycles. The molecule has 0 atom stereocenters. The van der Waals surface area contributed by atoms with E-state index in [0.717, 1.165) is 17.0 Å². The first kappa shape index (κ1) is 12.2. The van der Waals surface area contributed by atoms with Crippen LogP contribution < -0.4 is 10.3 Å². The second-order valence-electron chi connectivity index (χ2n) is 4.26. The molecule has 1 aromatic carbocycles. The molecule has 0 fully saturated rings. The minimum atomic E-state index is -0.144. The monoisotopic (exact) mass is 267 g/mol. The standard InChI is InChI=1S/C15H13N3O2/c1-20-12-7-5-11(6-8-12)13-10-15(19)18(17-13)14-4-2-3-9-16-14/h2-10,17H,1H3. The molecular formula is C15H13N3O2. The summed E-state index contributed by atoms with van der Waals surface area (Å²) in [7, 11) is 1.62. The molecule has 3 rings (SSSR count). The van der Waals surface area contributed by atoms with Gasteiger partial charge in [-0.3, -0.25) is 9.89 Å². The Morgan fingerprint density at radius 1 is 1.15 bits per heavy atom. The van der Waals surface area contributed by atoms with Crippen molar-refractivity contribution in [2.75, 3.05) is 7.11 Å². The molecule has 0 bridgehead atoms. The van der Waals surface area contributed by atoms with Crippen LogP contribution in [0.4, 0.5) is 0 Å². The first-order valence-corrected chi connectivity index (χ1v) is 6.16. The number of hydrogen-bond acceptors (Lipinski definition) is 3. The highest BCUT2D eigenvalue weighted by molar-refractivity contribution is 5.59. The Labute approximate surface area is 115 Å². The molecule has 1 N–H and O–H groups in total. The lowest BCUT2D eigenvalue weighted by atomic mass is 10.1. The molecule has 0 aliphatic rings. The molecule has 0 saturated heterocycles. The summed E-state index contributed by atoms with van der Waals surface area (Å²) < 4.78 is 6.53. The van der Waals surface area contributed by atoms with Crippen LogP contribution in [-0.4, -0.2) is 21.9 Å². The summed E-state index contributed by atoms with van der Waals surface area (Å²) in [4.78, 5) is 16.2. The number of rotatable bonds is 3. The maximum absolute atomic E-state index is 12.0. The summed E-state index contributed by atoms with van der Waals surface area (Å²) in [5, 5.41) is 3.05. The number of methoxy groups -OCH3 is 1. The van der Waals surface area contributed by atoms with Crippen LogP contribution in [0.1, 0.15) is 0 Å². The fourth-order valence-corrected chi connectivity index (χ4v) is 1.97. The van der Waals surface area contributed by atoms with Crippen molar-refractivity contribution in [3.63, 3.8) is 0 Å². The summed E-state index contributed by atoms with van der Waals surface area (Å²) in [5.74, 6) is 1.34. The van der Waals surface area contributed by atoms with E-state index in [9.17, 15) is 4.79 Å². The second kappa shape index (κ2) is 5.05. The smallest absolute Gasteiger partial charge is 0.273 e. The molecule has 20 heavy (non-hydrogen) atoms. The molecule has 0 aliphatic heterocycles. The predicted octanol–water partition coefficient (Wildman–Crippen LogP) is 2.24. The van der Waals surface area contributed by atoms with Crippen molar-refractivity contribution in [3.05, 3.63) is 65.1 Å². The summed E-state index contributed by atoms with van der Waals surface area (Å²) in [6.45, 7) is 0. The molecule has 0 unspecified atom stereocenters. The summed E-state index contributed by atoms with van der Waals surface area (Å²) >= 11 is 0. The lowest BCUT2D eigenvalue weighted by Gasteiger charge is -2.02. The van der Waals surface area contributed by atoms with Gasteiger partial charge in [0.15, 0.2) is 5.82 Å². The number of nitrogens with one attached hydrogen (secondary N) is 1. The van der Waals surface area contributed by atoms with Crippen LogP contribution in [0.5, 0.6) is 5.75 Å². The number of benzene rings is 1. The topological polar surface area (TPSA) is 59.9 Å². The Kier molecular flexibility index (Phi) is 3.09.